The Hall–Kier alpha value is -3.73. The molecular formula is C23H18F2N4O3S. The molecule has 0 aliphatic rings. The van der Waals surface area contributed by atoms with Crippen molar-refractivity contribution in [3.05, 3.63) is 100 Å². The Labute approximate surface area is 188 Å². The average Bonchev–Trinajstić information content (AvgIpc) is 2.79. The second kappa shape index (κ2) is 8.66. The minimum atomic E-state index is -3.91. The van der Waals surface area contributed by atoms with Gasteiger partial charge in [-0.2, -0.15) is 9.78 Å². The zero-order valence-electron chi connectivity index (χ0n) is 17.1. The van der Waals surface area contributed by atoms with E-state index in [2.05, 4.69) is 5.10 Å². The summed E-state index contributed by atoms with van der Waals surface area (Å²) >= 11 is 0. The molecule has 0 bridgehead atoms. The zero-order valence-corrected chi connectivity index (χ0v) is 17.9. The fourth-order valence-corrected chi connectivity index (χ4v) is 3.93. The van der Waals surface area contributed by atoms with Crippen LogP contribution in [0.15, 0.2) is 82.6 Å². The Morgan fingerprint density at radius 1 is 0.909 bits per heavy atom. The summed E-state index contributed by atoms with van der Waals surface area (Å²) in [5, 5.41) is 9.35. The lowest BCUT2D eigenvalue weighted by Gasteiger charge is -2.14. The summed E-state index contributed by atoms with van der Waals surface area (Å²) in [4.78, 5) is 13.4. The highest BCUT2D eigenvalue weighted by Crippen LogP contribution is 2.31. The lowest BCUT2D eigenvalue weighted by molar-refractivity contribution is 0.597. The number of benzene rings is 3. The van der Waals surface area contributed by atoms with Crippen molar-refractivity contribution < 1.29 is 17.2 Å². The van der Waals surface area contributed by atoms with Gasteiger partial charge in [-0.1, -0.05) is 24.3 Å². The van der Waals surface area contributed by atoms with Crippen molar-refractivity contribution in [1.82, 2.24) is 9.78 Å². The van der Waals surface area contributed by atoms with E-state index in [1.807, 2.05) is 0 Å². The molecule has 0 saturated heterocycles. The van der Waals surface area contributed by atoms with Gasteiger partial charge in [0.05, 0.1) is 22.3 Å². The molecule has 0 radical (unpaired) electrons. The fraction of sp³-hybridized carbons (Fsp3) is 0.0435. The number of halogens is 2. The van der Waals surface area contributed by atoms with Crippen molar-refractivity contribution in [3.8, 4) is 27.9 Å². The van der Waals surface area contributed by atoms with Crippen LogP contribution in [-0.4, -0.2) is 18.2 Å². The lowest BCUT2D eigenvalue weighted by atomic mass is 9.96. The summed E-state index contributed by atoms with van der Waals surface area (Å²) < 4.78 is 52.1. The molecule has 4 rings (SSSR count). The molecule has 0 saturated carbocycles. The average molecular weight is 468 g/mol. The van der Waals surface area contributed by atoms with Crippen molar-refractivity contribution in [2.24, 2.45) is 10.9 Å². The van der Waals surface area contributed by atoms with Crippen LogP contribution in [-0.2, 0) is 16.6 Å². The number of aromatic nitrogens is 2. The van der Waals surface area contributed by atoms with Gasteiger partial charge in [0, 0.05) is 17.7 Å². The predicted molar refractivity (Wildman–Crippen MR) is 120 cm³/mol. The molecule has 7 nitrogen and oxygen atoms in total. The quantitative estimate of drug-likeness (QED) is 0.467. The van der Waals surface area contributed by atoms with Crippen molar-refractivity contribution in [3.63, 3.8) is 0 Å². The molecule has 4 aromatic rings. The first-order valence-corrected chi connectivity index (χ1v) is 11.2. The van der Waals surface area contributed by atoms with Gasteiger partial charge >= 0.3 is 0 Å². The van der Waals surface area contributed by atoms with Gasteiger partial charge in [-0.15, -0.1) is 0 Å². The van der Waals surface area contributed by atoms with Crippen LogP contribution >= 0.6 is 0 Å². The molecule has 1 aromatic heterocycles. The smallest absolute Gasteiger partial charge is 0.280 e. The van der Waals surface area contributed by atoms with Gasteiger partial charge in [-0.05, 0) is 53.6 Å². The number of hydrogen-bond acceptors (Lipinski definition) is 5. The molecule has 0 aliphatic carbocycles. The van der Waals surface area contributed by atoms with Crippen LogP contribution in [0.4, 0.5) is 8.78 Å². The highest BCUT2D eigenvalue weighted by atomic mass is 32.2. The summed E-state index contributed by atoms with van der Waals surface area (Å²) in [7, 11) is -3.91. The van der Waals surface area contributed by atoms with Crippen LogP contribution < -0.4 is 16.4 Å². The largest absolute Gasteiger partial charge is 0.326 e. The standard InChI is InChI=1S/C23H18F2N4O3S/c24-17-5-7-18(8-6-17)29-23(30)22(15-1-2-16(12-26)21(25)11-15)20(13-28-29)14-3-9-19(10-4-14)33(27,31)32/h1-11,13H,12,26H2,(H2,27,31,32). The molecular weight excluding hydrogens is 450 g/mol. The molecule has 33 heavy (non-hydrogen) atoms. The number of sulfonamides is 1. The third-order valence-electron chi connectivity index (χ3n) is 5.10. The highest BCUT2D eigenvalue weighted by molar-refractivity contribution is 7.89. The van der Waals surface area contributed by atoms with E-state index in [0.717, 1.165) is 4.68 Å². The Morgan fingerprint density at radius 3 is 2.12 bits per heavy atom. The second-order valence-electron chi connectivity index (χ2n) is 7.21. The molecule has 168 valence electrons. The van der Waals surface area contributed by atoms with E-state index in [-0.39, 0.29) is 28.1 Å². The number of primary sulfonamides is 1. The first kappa shape index (κ1) is 22.5. The van der Waals surface area contributed by atoms with Crippen LogP contribution in [0.5, 0.6) is 0 Å². The molecule has 0 aliphatic heterocycles. The Morgan fingerprint density at radius 2 is 1.55 bits per heavy atom. The van der Waals surface area contributed by atoms with E-state index in [9.17, 15) is 22.0 Å². The van der Waals surface area contributed by atoms with Crippen LogP contribution in [0.3, 0.4) is 0 Å². The van der Waals surface area contributed by atoms with Gasteiger partial charge in [0.1, 0.15) is 11.6 Å². The van der Waals surface area contributed by atoms with Gasteiger partial charge < -0.3 is 5.73 Å². The first-order chi connectivity index (χ1) is 15.7. The van der Waals surface area contributed by atoms with Gasteiger partial charge in [0.15, 0.2) is 0 Å². The van der Waals surface area contributed by atoms with Crippen molar-refractivity contribution in [2.75, 3.05) is 0 Å². The van der Waals surface area contributed by atoms with Crippen molar-refractivity contribution in [1.29, 1.82) is 0 Å². The normalized spacial score (nSPS) is 11.5. The van der Waals surface area contributed by atoms with E-state index < -0.39 is 27.2 Å². The first-order valence-electron chi connectivity index (χ1n) is 9.69. The lowest BCUT2D eigenvalue weighted by Crippen LogP contribution is -2.23. The van der Waals surface area contributed by atoms with E-state index in [4.69, 9.17) is 10.9 Å². The predicted octanol–water partition coefficient (Wildman–Crippen LogP) is 2.95. The number of nitrogens with zero attached hydrogens (tertiary/aromatic N) is 2. The SMILES string of the molecule is NCc1ccc(-c2c(-c3ccc(S(N)(=O)=O)cc3)cnn(-c3ccc(F)cc3)c2=O)cc1F. The summed E-state index contributed by atoms with van der Waals surface area (Å²) in [6.45, 7) is -0.00977. The Kier molecular flexibility index (Phi) is 5.90. The number of nitrogens with two attached hydrogens (primary N) is 2. The molecule has 0 atom stereocenters. The van der Waals surface area contributed by atoms with Crippen LogP contribution in [0.1, 0.15) is 5.56 Å². The third kappa shape index (κ3) is 4.44. The molecule has 4 N–H and O–H groups in total. The Balaban J connectivity index is 1.97. The minimum Gasteiger partial charge on any atom is -0.326 e. The maximum atomic E-state index is 14.5. The molecule has 0 spiro atoms. The van der Waals surface area contributed by atoms with Crippen molar-refractivity contribution >= 4 is 10.0 Å². The van der Waals surface area contributed by atoms with Gasteiger partial charge in [-0.25, -0.2) is 22.3 Å². The summed E-state index contributed by atoms with van der Waals surface area (Å²) in [5.74, 6) is -1.05. The van der Waals surface area contributed by atoms with Crippen LogP contribution in [0, 0.1) is 11.6 Å². The minimum absolute atomic E-state index is 0.00977. The fourth-order valence-electron chi connectivity index (χ4n) is 3.41. The molecule has 3 aromatic carbocycles. The van der Waals surface area contributed by atoms with E-state index in [1.54, 1.807) is 6.07 Å². The maximum absolute atomic E-state index is 14.5. The van der Waals surface area contributed by atoms with E-state index in [1.165, 1.54) is 66.9 Å². The van der Waals surface area contributed by atoms with Crippen LogP contribution in [0.25, 0.3) is 27.9 Å². The van der Waals surface area contributed by atoms with Gasteiger partial charge in [0.25, 0.3) is 5.56 Å². The Bertz CT molecular complexity index is 1500. The van der Waals surface area contributed by atoms with Crippen LogP contribution in [0.2, 0.25) is 0 Å². The van der Waals surface area contributed by atoms with Gasteiger partial charge in [0.2, 0.25) is 10.0 Å². The molecule has 0 fully saturated rings. The molecule has 0 amide bonds. The summed E-state index contributed by atoms with van der Waals surface area (Å²) in [5.41, 5.74) is 6.79. The molecule has 1 heterocycles. The second-order valence-corrected chi connectivity index (χ2v) is 8.77. The van der Waals surface area contributed by atoms with E-state index >= 15 is 0 Å². The maximum Gasteiger partial charge on any atom is 0.280 e. The number of rotatable bonds is 5. The topological polar surface area (TPSA) is 121 Å². The number of hydrogen-bond donors (Lipinski definition) is 2. The highest BCUT2D eigenvalue weighted by Gasteiger charge is 2.18. The third-order valence-corrected chi connectivity index (χ3v) is 6.03. The summed E-state index contributed by atoms with van der Waals surface area (Å²) in [6, 6.07) is 15.0. The van der Waals surface area contributed by atoms with Gasteiger partial charge in [-0.3, -0.25) is 4.79 Å². The van der Waals surface area contributed by atoms with E-state index in [0.29, 0.717) is 16.8 Å². The van der Waals surface area contributed by atoms with Crippen molar-refractivity contribution in [2.45, 2.75) is 11.4 Å². The molecule has 0 unspecified atom stereocenters. The summed E-state index contributed by atoms with van der Waals surface area (Å²) in [6.07, 6.45) is 1.40. The molecule has 10 heteroatoms. The monoisotopic (exact) mass is 468 g/mol. The zero-order chi connectivity index (χ0) is 23.8.